The lowest BCUT2D eigenvalue weighted by Crippen LogP contribution is -2.49. The quantitative estimate of drug-likeness (QED) is 0.752. The van der Waals surface area contributed by atoms with E-state index in [2.05, 4.69) is 5.32 Å². The number of aliphatic hydroxyl groups is 1. The molecule has 6 heteroatoms. The van der Waals surface area contributed by atoms with Gasteiger partial charge in [0.25, 0.3) is 5.91 Å². The second kappa shape index (κ2) is 10.2. The minimum Gasteiger partial charge on any atom is -0.394 e. The van der Waals surface area contributed by atoms with E-state index in [0.717, 1.165) is 18.4 Å². The molecule has 1 fully saturated rings. The number of benzene rings is 2. The number of aliphatic hydroxyl groups excluding tert-OH is 1. The van der Waals surface area contributed by atoms with Gasteiger partial charge in [-0.05, 0) is 30.2 Å². The van der Waals surface area contributed by atoms with E-state index < -0.39 is 6.10 Å². The Bertz CT molecular complexity index is 825. The maximum atomic E-state index is 13.3. The van der Waals surface area contributed by atoms with Gasteiger partial charge in [0.2, 0.25) is 5.91 Å². The number of ether oxygens (including phenoxy) is 1. The number of hydrogen-bond acceptors (Lipinski definition) is 4. The van der Waals surface area contributed by atoms with Crippen LogP contribution in [0.5, 0.6) is 0 Å². The van der Waals surface area contributed by atoms with E-state index in [1.54, 1.807) is 29.2 Å². The first-order valence-electron chi connectivity index (χ1n) is 10.1. The van der Waals surface area contributed by atoms with Crippen molar-refractivity contribution in [2.24, 2.45) is 0 Å². The zero-order valence-electron chi connectivity index (χ0n) is 16.7. The average molecular weight is 396 g/mol. The Labute approximate surface area is 171 Å². The van der Waals surface area contributed by atoms with Crippen LogP contribution in [0.4, 0.5) is 5.69 Å². The Balaban J connectivity index is 1.82. The van der Waals surface area contributed by atoms with Gasteiger partial charge in [-0.1, -0.05) is 49.7 Å². The van der Waals surface area contributed by atoms with Crippen LogP contribution in [0.2, 0.25) is 0 Å². The van der Waals surface area contributed by atoms with Gasteiger partial charge in [0.1, 0.15) is 6.10 Å². The molecule has 0 aromatic heterocycles. The topological polar surface area (TPSA) is 78.9 Å². The number of morpholine rings is 1. The predicted octanol–water partition coefficient (Wildman–Crippen LogP) is 3.39. The van der Waals surface area contributed by atoms with Gasteiger partial charge < -0.3 is 20.1 Å². The average Bonchev–Trinajstić information content (AvgIpc) is 2.77. The van der Waals surface area contributed by atoms with Gasteiger partial charge in [0.05, 0.1) is 19.3 Å². The number of hydrogen-bond donors (Lipinski definition) is 2. The lowest BCUT2D eigenvalue weighted by atomic mass is 9.97. The number of rotatable bonds is 7. The van der Waals surface area contributed by atoms with Crippen LogP contribution in [0, 0.1) is 0 Å². The summed E-state index contributed by atoms with van der Waals surface area (Å²) in [5.74, 6) is -0.199. The zero-order valence-corrected chi connectivity index (χ0v) is 16.7. The van der Waals surface area contributed by atoms with E-state index >= 15 is 0 Å². The van der Waals surface area contributed by atoms with Crippen molar-refractivity contribution in [1.29, 1.82) is 0 Å². The Morgan fingerprint density at radius 3 is 2.69 bits per heavy atom. The molecule has 2 atom stereocenters. The molecular formula is C23H28N2O4. The first-order chi connectivity index (χ1) is 14.1. The van der Waals surface area contributed by atoms with Crippen LogP contribution in [0.3, 0.4) is 0 Å². The first-order valence-corrected chi connectivity index (χ1v) is 10.1. The molecule has 6 nitrogen and oxygen atoms in total. The van der Waals surface area contributed by atoms with Crippen molar-refractivity contribution in [3.05, 3.63) is 65.7 Å². The van der Waals surface area contributed by atoms with E-state index in [0.29, 0.717) is 30.8 Å². The third-order valence-corrected chi connectivity index (χ3v) is 5.08. The molecule has 2 amide bonds. The molecule has 0 bridgehead atoms. The number of amides is 2. The molecule has 1 aliphatic rings. The highest BCUT2D eigenvalue weighted by Gasteiger charge is 2.36. The van der Waals surface area contributed by atoms with E-state index in [-0.39, 0.29) is 24.5 Å². The number of nitrogens with one attached hydrogen (secondary N) is 1. The van der Waals surface area contributed by atoms with Gasteiger partial charge in [-0.3, -0.25) is 9.59 Å². The fraction of sp³-hybridized carbons (Fsp3) is 0.391. The zero-order chi connectivity index (χ0) is 20.6. The van der Waals surface area contributed by atoms with Crippen LogP contribution in [-0.2, 0) is 9.53 Å². The van der Waals surface area contributed by atoms with E-state index in [1.807, 2.05) is 37.3 Å². The lowest BCUT2D eigenvalue weighted by Gasteiger charge is -2.41. The van der Waals surface area contributed by atoms with Gasteiger partial charge in [0, 0.05) is 24.2 Å². The van der Waals surface area contributed by atoms with Crippen molar-refractivity contribution >= 4 is 17.5 Å². The van der Waals surface area contributed by atoms with Gasteiger partial charge in [-0.15, -0.1) is 0 Å². The van der Waals surface area contributed by atoms with Crippen LogP contribution in [0.1, 0.15) is 48.1 Å². The van der Waals surface area contributed by atoms with Crippen molar-refractivity contribution in [3.63, 3.8) is 0 Å². The van der Waals surface area contributed by atoms with E-state index in [4.69, 9.17) is 4.74 Å². The molecule has 2 aromatic rings. The second-order valence-corrected chi connectivity index (χ2v) is 7.18. The molecule has 154 valence electrons. The van der Waals surface area contributed by atoms with Gasteiger partial charge in [-0.25, -0.2) is 0 Å². The smallest absolute Gasteiger partial charge is 0.254 e. The number of nitrogens with zero attached hydrogens (tertiary/aromatic N) is 1. The molecule has 2 N–H and O–H groups in total. The Kier molecular flexibility index (Phi) is 7.38. The lowest BCUT2D eigenvalue weighted by molar-refractivity contribution is -0.116. The van der Waals surface area contributed by atoms with Crippen molar-refractivity contribution in [3.8, 4) is 0 Å². The molecular weight excluding hydrogens is 368 g/mol. The summed E-state index contributed by atoms with van der Waals surface area (Å²) < 4.78 is 5.72. The normalized spacial score (nSPS) is 19.0. The van der Waals surface area contributed by atoms with Gasteiger partial charge in [0.15, 0.2) is 0 Å². The highest BCUT2D eigenvalue weighted by atomic mass is 16.5. The number of carbonyl (C=O) groups excluding carboxylic acids is 2. The highest BCUT2D eigenvalue weighted by Crippen LogP contribution is 2.31. The van der Waals surface area contributed by atoms with Crippen LogP contribution >= 0.6 is 0 Å². The summed E-state index contributed by atoms with van der Waals surface area (Å²) >= 11 is 0. The Morgan fingerprint density at radius 2 is 1.97 bits per heavy atom. The van der Waals surface area contributed by atoms with Crippen LogP contribution in [-0.4, -0.2) is 47.7 Å². The van der Waals surface area contributed by atoms with Crippen molar-refractivity contribution in [1.82, 2.24) is 4.90 Å². The Morgan fingerprint density at radius 1 is 1.17 bits per heavy atom. The monoisotopic (exact) mass is 396 g/mol. The van der Waals surface area contributed by atoms with Crippen molar-refractivity contribution in [2.45, 2.75) is 38.3 Å². The fourth-order valence-corrected chi connectivity index (χ4v) is 3.62. The van der Waals surface area contributed by atoms with E-state index in [1.165, 1.54) is 0 Å². The molecule has 3 rings (SSSR count). The third-order valence-electron chi connectivity index (χ3n) is 5.08. The Hall–Kier alpha value is -2.70. The first kappa shape index (κ1) is 21.0. The summed E-state index contributed by atoms with van der Waals surface area (Å²) in [4.78, 5) is 27.1. The molecule has 0 radical (unpaired) electrons. The maximum absolute atomic E-state index is 13.3. The van der Waals surface area contributed by atoms with Crippen molar-refractivity contribution < 1.29 is 19.4 Å². The summed E-state index contributed by atoms with van der Waals surface area (Å²) in [5, 5.41) is 12.7. The summed E-state index contributed by atoms with van der Waals surface area (Å²) in [6.07, 6.45) is 1.77. The molecule has 0 saturated carbocycles. The fourth-order valence-electron chi connectivity index (χ4n) is 3.62. The van der Waals surface area contributed by atoms with E-state index in [9.17, 15) is 14.7 Å². The second-order valence-electron chi connectivity index (χ2n) is 7.18. The van der Waals surface area contributed by atoms with Gasteiger partial charge >= 0.3 is 0 Å². The van der Waals surface area contributed by atoms with Gasteiger partial charge in [-0.2, -0.15) is 0 Å². The molecule has 0 unspecified atom stereocenters. The summed E-state index contributed by atoms with van der Waals surface area (Å²) in [5.41, 5.74) is 2.03. The largest absolute Gasteiger partial charge is 0.394 e. The molecule has 0 aliphatic carbocycles. The molecule has 0 spiro atoms. The molecule has 2 aromatic carbocycles. The minimum atomic E-state index is -0.480. The predicted molar refractivity (Wildman–Crippen MR) is 112 cm³/mol. The molecule has 1 saturated heterocycles. The highest BCUT2D eigenvalue weighted by molar-refractivity contribution is 5.97. The minimum absolute atomic E-state index is 0.0506. The summed E-state index contributed by atoms with van der Waals surface area (Å²) in [6, 6.07) is 16.2. The third kappa shape index (κ3) is 5.22. The van der Waals surface area contributed by atoms with Crippen LogP contribution in [0.25, 0.3) is 0 Å². The van der Waals surface area contributed by atoms with Crippen molar-refractivity contribution in [2.75, 3.05) is 25.1 Å². The summed E-state index contributed by atoms with van der Waals surface area (Å²) in [7, 11) is 0. The molecule has 29 heavy (non-hydrogen) atoms. The summed E-state index contributed by atoms with van der Waals surface area (Å²) in [6.45, 7) is 2.67. The van der Waals surface area contributed by atoms with Crippen LogP contribution < -0.4 is 5.32 Å². The van der Waals surface area contributed by atoms with Crippen LogP contribution in [0.15, 0.2) is 54.6 Å². The standard InChI is InChI=1S/C23H28N2O4/c1-2-3-12-21(27)24-19-11-7-10-18(15-19)23(28)25-13-14-29-20(16-26)22(25)17-8-5-4-6-9-17/h4-11,15,20,22,26H,2-3,12-14,16H2,1H3,(H,24,27)/t20-,22-/m1/s1. The molecule has 1 aliphatic heterocycles. The number of anilines is 1. The number of unbranched alkanes of at least 4 members (excludes halogenated alkanes) is 1. The maximum Gasteiger partial charge on any atom is 0.254 e. The number of carbonyl (C=O) groups is 2. The SMILES string of the molecule is CCCCC(=O)Nc1cccc(C(=O)N2CCO[C@H](CO)[C@H]2c2ccccc2)c1. The molecule has 1 heterocycles.